The van der Waals surface area contributed by atoms with Gasteiger partial charge in [0, 0.05) is 28.8 Å². The van der Waals surface area contributed by atoms with Crippen LogP contribution in [0, 0.1) is 0 Å². The zero-order valence-corrected chi connectivity index (χ0v) is 17.7. The van der Waals surface area contributed by atoms with Gasteiger partial charge in [0.15, 0.2) is 5.03 Å². The Kier molecular flexibility index (Phi) is 9.18. The maximum atomic E-state index is 12.1. The number of aromatic nitrogens is 4. The Labute approximate surface area is 179 Å². The highest BCUT2D eigenvalue weighted by Crippen LogP contribution is 2.20. The second-order valence-corrected chi connectivity index (χ2v) is 9.32. The first kappa shape index (κ1) is 24.2. The lowest BCUT2D eigenvalue weighted by Gasteiger charge is -1.99. The Morgan fingerprint density at radius 1 is 0.933 bits per heavy atom. The molecular formula is C17H17ClF4N4O2S2. The fourth-order valence-corrected chi connectivity index (χ4v) is 3.64. The van der Waals surface area contributed by atoms with Crippen LogP contribution in [0.15, 0.2) is 65.4 Å². The van der Waals surface area contributed by atoms with Crippen LogP contribution in [0.2, 0.25) is 0 Å². The smallest absolute Gasteiger partial charge is 0.280 e. The Bertz CT molecular complexity index is 1010. The molecule has 0 radical (unpaired) electrons. The zero-order chi connectivity index (χ0) is 22.1. The van der Waals surface area contributed by atoms with Crippen LogP contribution in [0.4, 0.5) is 17.6 Å². The first-order valence-electron chi connectivity index (χ1n) is 8.34. The molecule has 0 unspecified atom stereocenters. The average molecular weight is 485 g/mol. The molecule has 0 spiro atoms. The number of benzene rings is 1. The molecule has 1 aromatic carbocycles. The maximum Gasteiger partial charge on any atom is 0.280 e. The van der Waals surface area contributed by atoms with Crippen LogP contribution in [-0.2, 0) is 27.9 Å². The molecule has 0 aliphatic carbocycles. The average Bonchev–Trinajstić information content (AvgIpc) is 3.30. The molecule has 0 bridgehead atoms. The number of imidazole rings is 2. The minimum Gasteiger partial charge on any atom is -0.331 e. The third-order valence-electron chi connectivity index (χ3n) is 3.40. The summed E-state index contributed by atoms with van der Waals surface area (Å²) in [6.07, 6.45) is 0.145. The van der Waals surface area contributed by atoms with Crippen LogP contribution in [0.1, 0.15) is 5.56 Å². The van der Waals surface area contributed by atoms with Crippen molar-refractivity contribution in [2.24, 2.45) is 0 Å². The molecule has 0 saturated carbocycles. The molecule has 0 atom stereocenters. The zero-order valence-electron chi connectivity index (χ0n) is 15.3. The number of hydrogen-bond donors (Lipinski definition) is 0. The summed E-state index contributed by atoms with van der Waals surface area (Å²) in [5.74, 6) is 0.798. The van der Waals surface area contributed by atoms with Crippen molar-refractivity contribution in [2.45, 2.75) is 41.7 Å². The number of thioether (sulfide) groups is 1. The van der Waals surface area contributed by atoms with Crippen molar-refractivity contribution in [3.05, 3.63) is 60.9 Å². The monoisotopic (exact) mass is 484 g/mol. The van der Waals surface area contributed by atoms with E-state index in [0.29, 0.717) is 0 Å². The molecule has 0 amide bonds. The fraction of sp³-hybridized carbons (Fsp3) is 0.294. The summed E-state index contributed by atoms with van der Waals surface area (Å²) in [5, 5.41) is 0.351. The molecule has 0 saturated heterocycles. The van der Waals surface area contributed by atoms with E-state index in [1.165, 1.54) is 16.5 Å². The van der Waals surface area contributed by atoms with Crippen LogP contribution < -0.4 is 0 Å². The largest absolute Gasteiger partial charge is 0.331 e. The van der Waals surface area contributed by atoms with E-state index in [1.807, 2.05) is 30.3 Å². The molecular weight excluding hydrogens is 468 g/mol. The van der Waals surface area contributed by atoms with Crippen molar-refractivity contribution < 1.29 is 26.0 Å². The first-order chi connectivity index (χ1) is 14.1. The summed E-state index contributed by atoms with van der Waals surface area (Å²) < 4.78 is 71.5. The van der Waals surface area contributed by atoms with E-state index in [-0.39, 0.29) is 6.54 Å². The maximum absolute atomic E-state index is 12.1. The van der Waals surface area contributed by atoms with Crippen LogP contribution in [0.25, 0.3) is 0 Å². The molecule has 6 nitrogen and oxygen atoms in total. The third kappa shape index (κ3) is 8.76. The minimum absolute atomic E-state index is 0.293. The number of hydrogen-bond acceptors (Lipinski definition) is 5. The standard InChI is InChI=1S/C12H12F2N2S.C5H5ClF2N2O2S/c13-11(14)6-16-7-12(15-9-16)17-8-10-4-2-1-3-5-10;6-13(11,12)5-2-10(3-9-5)1-4(7)8/h1-5,7,9,11H,6,8H2;2-4H,1H2. The Hall–Kier alpha value is -2.05. The molecule has 0 fully saturated rings. The number of rotatable bonds is 8. The normalized spacial score (nSPS) is 11.6. The highest BCUT2D eigenvalue weighted by Gasteiger charge is 2.14. The molecule has 0 aliphatic heterocycles. The summed E-state index contributed by atoms with van der Waals surface area (Å²) >= 11 is 1.54. The van der Waals surface area contributed by atoms with E-state index in [9.17, 15) is 26.0 Å². The summed E-state index contributed by atoms with van der Waals surface area (Å²) in [7, 11) is 0.995. The van der Waals surface area contributed by atoms with E-state index in [0.717, 1.165) is 27.9 Å². The molecule has 2 heterocycles. The van der Waals surface area contributed by atoms with Gasteiger partial charge in [0.2, 0.25) is 0 Å². The second-order valence-electron chi connectivity index (χ2n) is 5.81. The van der Waals surface area contributed by atoms with Gasteiger partial charge in [-0.1, -0.05) is 30.3 Å². The van der Waals surface area contributed by atoms with Crippen LogP contribution in [0.3, 0.4) is 0 Å². The van der Waals surface area contributed by atoms with Crippen LogP contribution >= 0.6 is 22.4 Å². The van der Waals surface area contributed by atoms with E-state index >= 15 is 0 Å². The Morgan fingerprint density at radius 2 is 1.50 bits per heavy atom. The van der Waals surface area contributed by atoms with E-state index < -0.39 is 33.5 Å². The van der Waals surface area contributed by atoms with Crippen molar-refractivity contribution in [1.29, 1.82) is 0 Å². The fourth-order valence-electron chi connectivity index (χ4n) is 2.13. The number of halogens is 5. The quantitative estimate of drug-likeness (QED) is 0.267. The van der Waals surface area contributed by atoms with Crippen LogP contribution in [0.5, 0.6) is 0 Å². The Morgan fingerprint density at radius 3 is 2.03 bits per heavy atom. The SMILES string of the molecule is FC(F)Cn1cnc(SCc2ccccc2)c1.O=S(=O)(Cl)c1cn(CC(F)F)cn1. The lowest BCUT2D eigenvalue weighted by Crippen LogP contribution is -2.03. The van der Waals surface area contributed by atoms with Gasteiger partial charge in [-0.15, -0.1) is 11.8 Å². The third-order valence-corrected chi connectivity index (χ3v) is 5.57. The molecule has 13 heteroatoms. The molecule has 0 N–H and O–H groups in total. The van der Waals surface area contributed by atoms with Gasteiger partial charge in [-0.05, 0) is 5.56 Å². The highest BCUT2D eigenvalue weighted by molar-refractivity contribution is 8.13. The van der Waals surface area contributed by atoms with Gasteiger partial charge in [0.05, 0.1) is 25.7 Å². The highest BCUT2D eigenvalue weighted by atomic mass is 35.7. The van der Waals surface area contributed by atoms with Crippen molar-refractivity contribution >= 4 is 31.5 Å². The predicted octanol–water partition coefficient (Wildman–Crippen LogP) is 4.52. The molecule has 164 valence electrons. The van der Waals surface area contributed by atoms with Gasteiger partial charge in [-0.25, -0.2) is 35.9 Å². The topological polar surface area (TPSA) is 69.8 Å². The second kappa shape index (κ2) is 11.4. The Balaban J connectivity index is 0.000000222. The molecule has 2 aromatic heterocycles. The molecule has 0 aliphatic rings. The summed E-state index contributed by atoms with van der Waals surface area (Å²) in [6, 6.07) is 9.98. The van der Waals surface area contributed by atoms with Crippen molar-refractivity contribution in [2.75, 3.05) is 0 Å². The summed E-state index contributed by atoms with van der Waals surface area (Å²) in [5.41, 5.74) is 1.20. The molecule has 3 rings (SSSR count). The first-order valence-corrected chi connectivity index (χ1v) is 11.6. The van der Waals surface area contributed by atoms with E-state index in [1.54, 1.807) is 18.0 Å². The number of nitrogens with zero attached hydrogens (tertiary/aromatic N) is 4. The molecule has 3 aromatic rings. The van der Waals surface area contributed by atoms with Gasteiger partial charge in [0.1, 0.15) is 5.03 Å². The van der Waals surface area contributed by atoms with Crippen molar-refractivity contribution in [1.82, 2.24) is 19.1 Å². The van der Waals surface area contributed by atoms with E-state index in [2.05, 4.69) is 9.97 Å². The number of alkyl halides is 4. The van der Waals surface area contributed by atoms with Gasteiger partial charge >= 0.3 is 0 Å². The van der Waals surface area contributed by atoms with Gasteiger partial charge < -0.3 is 9.13 Å². The lowest BCUT2D eigenvalue weighted by molar-refractivity contribution is 0.126. The molecule has 30 heavy (non-hydrogen) atoms. The predicted molar refractivity (Wildman–Crippen MR) is 106 cm³/mol. The lowest BCUT2D eigenvalue weighted by atomic mass is 10.2. The van der Waals surface area contributed by atoms with E-state index in [4.69, 9.17) is 10.7 Å². The minimum atomic E-state index is -3.92. The van der Waals surface area contributed by atoms with Crippen LogP contribution in [-0.4, -0.2) is 40.4 Å². The summed E-state index contributed by atoms with van der Waals surface area (Å²) in [6.45, 7) is -0.891. The van der Waals surface area contributed by atoms with Gasteiger partial charge in [-0.3, -0.25) is 0 Å². The van der Waals surface area contributed by atoms with Crippen molar-refractivity contribution in [3.63, 3.8) is 0 Å². The summed E-state index contributed by atoms with van der Waals surface area (Å²) in [4.78, 5) is 7.43. The van der Waals surface area contributed by atoms with Gasteiger partial charge in [-0.2, -0.15) is 0 Å². The van der Waals surface area contributed by atoms with Crippen molar-refractivity contribution in [3.8, 4) is 0 Å². The van der Waals surface area contributed by atoms with Gasteiger partial charge in [0.25, 0.3) is 21.9 Å².